The van der Waals surface area contributed by atoms with Gasteiger partial charge < -0.3 is 24.1 Å². The maximum Gasteiger partial charge on any atom is 0.231 e. The standard InChI is InChI=1S/C12H12O5/c13-8-5-12(16-3-4-17-12)7-1-2-9-11(10(7)8)15-6-14-9/h1-2,8,13H,3-6H2. The minimum atomic E-state index is -0.782. The van der Waals surface area contributed by atoms with Gasteiger partial charge in [-0.1, -0.05) is 0 Å². The van der Waals surface area contributed by atoms with Gasteiger partial charge in [0.2, 0.25) is 6.79 Å². The Morgan fingerprint density at radius 2 is 2.00 bits per heavy atom. The van der Waals surface area contributed by atoms with Crippen LogP contribution in [-0.4, -0.2) is 25.1 Å². The predicted octanol–water partition coefficient (Wildman–Crippen LogP) is 1.05. The summed E-state index contributed by atoms with van der Waals surface area (Å²) < 4.78 is 22.1. The Morgan fingerprint density at radius 3 is 2.82 bits per heavy atom. The molecule has 0 aromatic heterocycles. The number of rotatable bonds is 0. The highest BCUT2D eigenvalue weighted by molar-refractivity contribution is 5.56. The van der Waals surface area contributed by atoms with Gasteiger partial charge in [-0.05, 0) is 12.1 Å². The van der Waals surface area contributed by atoms with Crippen molar-refractivity contribution >= 4 is 0 Å². The molecule has 0 bridgehead atoms. The third-order valence-corrected chi connectivity index (χ3v) is 3.54. The Labute approximate surface area is 97.9 Å². The largest absolute Gasteiger partial charge is 0.454 e. The highest BCUT2D eigenvalue weighted by Gasteiger charge is 2.50. The molecule has 1 N–H and O–H groups in total. The van der Waals surface area contributed by atoms with Gasteiger partial charge in [-0.25, -0.2) is 0 Å². The van der Waals surface area contributed by atoms with E-state index in [0.29, 0.717) is 31.1 Å². The second kappa shape index (κ2) is 3.13. The zero-order valence-corrected chi connectivity index (χ0v) is 9.14. The minimum Gasteiger partial charge on any atom is -0.454 e. The Balaban J connectivity index is 1.92. The van der Waals surface area contributed by atoms with Crippen molar-refractivity contribution in [1.82, 2.24) is 0 Å². The van der Waals surface area contributed by atoms with Crippen LogP contribution in [0.15, 0.2) is 12.1 Å². The van der Waals surface area contributed by atoms with Gasteiger partial charge in [0, 0.05) is 17.5 Å². The van der Waals surface area contributed by atoms with Gasteiger partial charge in [-0.3, -0.25) is 0 Å². The molecular weight excluding hydrogens is 224 g/mol. The van der Waals surface area contributed by atoms with Crippen molar-refractivity contribution in [2.75, 3.05) is 20.0 Å². The lowest BCUT2D eigenvalue weighted by Gasteiger charge is -2.22. The molecule has 0 amide bonds. The van der Waals surface area contributed by atoms with E-state index in [9.17, 15) is 5.11 Å². The van der Waals surface area contributed by atoms with Crippen LogP contribution in [0.5, 0.6) is 11.5 Å². The summed E-state index contributed by atoms with van der Waals surface area (Å²) >= 11 is 0. The highest BCUT2D eigenvalue weighted by atomic mass is 16.7. The van der Waals surface area contributed by atoms with Gasteiger partial charge in [-0.2, -0.15) is 0 Å². The van der Waals surface area contributed by atoms with Crippen LogP contribution in [0, 0.1) is 0 Å². The number of aliphatic hydroxyl groups is 1. The van der Waals surface area contributed by atoms with E-state index in [2.05, 4.69) is 0 Å². The van der Waals surface area contributed by atoms with Crippen LogP contribution in [0.4, 0.5) is 0 Å². The summed E-state index contributed by atoms with van der Waals surface area (Å²) in [6.45, 7) is 1.31. The molecule has 1 aromatic carbocycles. The first-order valence-corrected chi connectivity index (χ1v) is 5.69. The van der Waals surface area contributed by atoms with Gasteiger partial charge in [0.05, 0.1) is 19.3 Å². The van der Waals surface area contributed by atoms with Crippen LogP contribution in [-0.2, 0) is 15.3 Å². The van der Waals surface area contributed by atoms with Crippen LogP contribution < -0.4 is 9.47 Å². The molecule has 1 atom stereocenters. The third-order valence-electron chi connectivity index (χ3n) is 3.54. The minimum absolute atomic E-state index is 0.202. The number of hydrogen-bond acceptors (Lipinski definition) is 5. The van der Waals surface area contributed by atoms with Gasteiger partial charge in [0.1, 0.15) is 0 Å². The third kappa shape index (κ3) is 1.14. The van der Waals surface area contributed by atoms with E-state index in [1.54, 1.807) is 0 Å². The van der Waals surface area contributed by atoms with Crippen molar-refractivity contribution in [3.05, 3.63) is 23.3 Å². The molecule has 4 rings (SSSR count). The number of aliphatic hydroxyl groups excluding tert-OH is 1. The SMILES string of the molecule is OC1CC2(OCCO2)c2ccc3c(c21)OCO3. The summed E-state index contributed by atoms with van der Waals surface area (Å²) in [6, 6.07) is 3.73. The molecule has 1 aliphatic carbocycles. The maximum atomic E-state index is 10.2. The summed E-state index contributed by atoms with van der Waals surface area (Å²) in [4.78, 5) is 0. The molecule has 1 unspecified atom stereocenters. The fourth-order valence-corrected chi connectivity index (χ4v) is 2.85. The number of benzene rings is 1. The molecule has 0 saturated carbocycles. The molecule has 5 nitrogen and oxygen atoms in total. The lowest BCUT2D eigenvalue weighted by atomic mass is 10.1. The zero-order valence-electron chi connectivity index (χ0n) is 9.14. The number of hydrogen-bond donors (Lipinski definition) is 1. The Kier molecular flexibility index (Phi) is 1.79. The molecule has 1 aromatic rings. The van der Waals surface area contributed by atoms with Crippen molar-refractivity contribution in [3.8, 4) is 11.5 Å². The van der Waals surface area contributed by atoms with E-state index < -0.39 is 11.9 Å². The van der Waals surface area contributed by atoms with Crippen molar-refractivity contribution < 1.29 is 24.1 Å². The summed E-state index contributed by atoms with van der Waals surface area (Å²) in [5, 5.41) is 10.2. The predicted molar refractivity (Wildman–Crippen MR) is 55.7 cm³/mol. The summed E-state index contributed by atoms with van der Waals surface area (Å²) in [5.41, 5.74) is 1.62. The Hall–Kier alpha value is -1.30. The van der Waals surface area contributed by atoms with E-state index in [-0.39, 0.29) is 6.79 Å². The molecule has 2 heterocycles. The second-order valence-corrected chi connectivity index (χ2v) is 4.43. The van der Waals surface area contributed by atoms with Crippen LogP contribution in [0.2, 0.25) is 0 Å². The van der Waals surface area contributed by atoms with E-state index in [1.165, 1.54) is 0 Å². The lowest BCUT2D eigenvalue weighted by molar-refractivity contribution is -0.174. The molecule has 1 spiro atoms. The van der Waals surface area contributed by atoms with Crippen LogP contribution in [0.1, 0.15) is 23.7 Å². The lowest BCUT2D eigenvalue weighted by Crippen LogP contribution is -2.23. The number of ether oxygens (including phenoxy) is 4. The normalized spacial score (nSPS) is 27.7. The van der Waals surface area contributed by atoms with Gasteiger partial charge >= 0.3 is 0 Å². The molecule has 2 aliphatic heterocycles. The molecule has 0 radical (unpaired) electrons. The van der Waals surface area contributed by atoms with E-state index in [4.69, 9.17) is 18.9 Å². The first-order chi connectivity index (χ1) is 8.30. The van der Waals surface area contributed by atoms with E-state index in [1.807, 2.05) is 12.1 Å². The van der Waals surface area contributed by atoms with Crippen molar-refractivity contribution in [3.63, 3.8) is 0 Å². The average molecular weight is 236 g/mol. The summed E-state index contributed by atoms with van der Waals surface area (Å²) in [7, 11) is 0. The first-order valence-electron chi connectivity index (χ1n) is 5.69. The van der Waals surface area contributed by atoms with Crippen LogP contribution >= 0.6 is 0 Å². The highest BCUT2D eigenvalue weighted by Crippen LogP contribution is 2.54. The van der Waals surface area contributed by atoms with Crippen LogP contribution in [0.25, 0.3) is 0 Å². The topological polar surface area (TPSA) is 57.2 Å². The Bertz CT molecular complexity index is 478. The van der Waals surface area contributed by atoms with Gasteiger partial charge in [0.25, 0.3) is 0 Å². The van der Waals surface area contributed by atoms with Crippen molar-refractivity contribution in [2.24, 2.45) is 0 Å². The fraction of sp³-hybridized carbons (Fsp3) is 0.500. The first kappa shape index (κ1) is 9.70. The molecule has 3 aliphatic rings. The number of fused-ring (bicyclic) bond motifs is 4. The Morgan fingerprint density at radius 1 is 1.18 bits per heavy atom. The van der Waals surface area contributed by atoms with Crippen molar-refractivity contribution in [2.45, 2.75) is 18.3 Å². The summed E-state index contributed by atoms with van der Waals surface area (Å²) in [5.74, 6) is 0.527. The molecule has 90 valence electrons. The smallest absolute Gasteiger partial charge is 0.231 e. The second-order valence-electron chi connectivity index (χ2n) is 4.43. The quantitative estimate of drug-likeness (QED) is 0.729. The molecule has 1 saturated heterocycles. The van der Waals surface area contributed by atoms with E-state index >= 15 is 0 Å². The van der Waals surface area contributed by atoms with Crippen molar-refractivity contribution in [1.29, 1.82) is 0 Å². The molecular formula is C12H12O5. The summed E-state index contributed by atoms with van der Waals surface area (Å²) in [6.07, 6.45) is -0.206. The van der Waals surface area contributed by atoms with Gasteiger partial charge in [-0.15, -0.1) is 0 Å². The van der Waals surface area contributed by atoms with Gasteiger partial charge in [0.15, 0.2) is 17.3 Å². The zero-order chi connectivity index (χ0) is 11.5. The maximum absolute atomic E-state index is 10.2. The monoisotopic (exact) mass is 236 g/mol. The van der Waals surface area contributed by atoms with Crippen LogP contribution in [0.3, 0.4) is 0 Å². The molecule has 1 fully saturated rings. The fourth-order valence-electron chi connectivity index (χ4n) is 2.85. The molecule has 17 heavy (non-hydrogen) atoms. The average Bonchev–Trinajstić information content (AvgIpc) is 3.00. The van der Waals surface area contributed by atoms with E-state index in [0.717, 1.165) is 11.1 Å². The molecule has 5 heteroatoms.